The van der Waals surface area contributed by atoms with Crippen molar-refractivity contribution in [2.75, 3.05) is 19.7 Å². The molecule has 2 heterocycles. The van der Waals surface area contributed by atoms with Crippen molar-refractivity contribution in [2.45, 2.75) is 65.0 Å². The molecular formula is C22H32N2O3. The molecule has 0 aliphatic carbocycles. The maximum atomic E-state index is 12.3. The average molecular weight is 373 g/mol. The van der Waals surface area contributed by atoms with Crippen LogP contribution in [0.25, 0.3) is 0 Å². The zero-order valence-corrected chi connectivity index (χ0v) is 17.2. The first kappa shape index (κ1) is 19.7. The molecule has 0 bridgehead atoms. The van der Waals surface area contributed by atoms with Gasteiger partial charge >= 0.3 is 6.09 Å². The highest BCUT2D eigenvalue weighted by atomic mass is 16.6. The minimum Gasteiger partial charge on any atom is -0.448 e. The fourth-order valence-electron chi connectivity index (χ4n) is 4.23. The van der Waals surface area contributed by atoms with Crippen LogP contribution in [0.1, 0.15) is 52.2 Å². The molecule has 27 heavy (non-hydrogen) atoms. The molecule has 5 nitrogen and oxygen atoms in total. The van der Waals surface area contributed by atoms with Gasteiger partial charge in [-0.25, -0.2) is 4.79 Å². The summed E-state index contributed by atoms with van der Waals surface area (Å²) in [6.07, 6.45) is 2.15. The summed E-state index contributed by atoms with van der Waals surface area (Å²) in [5.74, 6) is 0.654. The Morgan fingerprint density at radius 2 is 1.63 bits per heavy atom. The van der Waals surface area contributed by atoms with Crippen LogP contribution in [0.5, 0.6) is 0 Å². The maximum absolute atomic E-state index is 12.3. The van der Waals surface area contributed by atoms with E-state index in [0.29, 0.717) is 25.5 Å². The number of carbonyl (C=O) groups is 2. The minimum absolute atomic E-state index is 0.0992. The molecule has 2 saturated heterocycles. The molecule has 0 N–H and O–H groups in total. The smallest absolute Gasteiger partial charge is 0.410 e. The normalized spacial score (nSPS) is 21.1. The lowest BCUT2D eigenvalue weighted by Gasteiger charge is -2.33. The summed E-state index contributed by atoms with van der Waals surface area (Å²) < 4.78 is 5.08. The summed E-state index contributed by atoms with van der Waals surface area (Å²) in [6.45, 7) is 12.4. The summed E-state index contributed by atoms with van der Waals surface area (Å²) >= 11 is 0. The van der Waals surface area contributed by atoms with Gasteiger partial charge in [0.2, 0.25) is 5.91 Å². The Labute approximate surface area is 162 Å². The molecule has 1 atom stereocenters. The molecule has 5 heteroatoms. The first-order chi connectivity index (χ1) is 12.6. The molecule has 1 aromatic carbocycles. The quantitative estimate of drug-likeness (QED) is 0.793. The fraction of sp³-hybridized carbons (Fsp3) is 0.636. The Hall–Kier alpha value is -2.04. The van der Waals surface area contributed by atoms with Crippen LogP contribution in [0.3, 0.4) is 0 Å². The fourth-order valence-corrected chi connectivity index (χ4v) is 4.23. The van der Waals surface area contributed by atoms with Gasteiger partial charge in [0.1, 0.15) is 6.61 Å². The first-order valence-corrected chi connectivity index (χ1v) is 9.89. The summed E-state index contributed by atoms with van der Waals surface area (Å²) in [4.78, 5) is 27.9. The lowest BCUT2D eigenvalue weighted by atomic mass is 9.91. The second-order valence-electron chi connectivity index (χ2n) is 9.52. The molecule has 0 saturated carbocycles. The number of ether oxygens (including phenoxy) is 1. The predicted octanol–water partition coefficient (Wildman–Crippen LogP) is 3.65. The third-order valence-electron chi connectivity index (χ3n) is 5.69. The van der Waals surface area contributed by atoms with E-state index in [1.165, 1.54) is 11.1 Å². The largest absolute Gasteiger partial charge is 0.448 e. The van der Waals surface area contributed by atoms with Crippen molar-refractivity contribution in [3.05, 3.63) is 35.4 Å². The zero-order chi connectivity index (χ0) is 19.8. The molecule has 3 rings (SSSR count). The first-order valence-electron chi connectivity index (χ1n) is 9.89. The highest BCUT2D eigenvalue weighted by molar-refractivity contribution is 5.79. The second kappa shape index (κ2) is 7.17. The Morgan fingerprint density at radius 3 is 2.15 bits per heavy atom. The van der Waals surface area contributed by atoms with Gasteiger partial charge in [0, 0.05) is 24.0 Å². The van der Waals surface area contributed by atoms with Gasteiger partial charge in [0.05, 0.1) is 6.54 Å². The Morgan fingerprint density at radius 1 is 1.00 bits per heavy atom. The number of amides is 2. The molecule has 0 spiro atoms. The molecule has 2 amide bonds. The number of hydrogen-bond acceptors (Lipinski definition) is 3. The van der Waals surface area contributed by atoms with E-state index in [2.05, 4.69) is 58.9 Å². The summed E-state index contributed by atoms with van der Waals surface area (Å²) in [5, 5.41) is 0. The van der Waals surface area contributed by atoms with Crippen LogP contribution in [0.2, 0.25) is 0 Å². The summed E-state index contributed by atoms with van der Waals surface area (Å²) in [6, 6.07) is 8.63. The number of benzene rings is 1. The van der Waals surface area contributed by atoms with Gasteiger partial charge in [-0.05, 0) is 64.5 Å². The Balaban J connectivity index is 1.59. The van der Waals surface area contributed by atoms with Gasteiger partial charge in [-0.2, -0.15) is 0 Å². The summed E-state index contributed by atoms with van der Waals surface area (Å²) in [5.41, 5.74) is 2.12. The van der Waals surface area contributed by atoms with Crippen molar-refractivity contribution in [3.8, 4) is 0 Å². The van der Waals surface area contributed by atoms with Gasteiger partial charge in [-0.3, -0.25) is 9.69 Å². The van der Waals surface area contributed by atoms with E-state index in [1.54, 1.807) is 0 Å². The van der Waals surface area contributed by atoms with E-state index in [1.807, 2.05) is 9.80 Å². The van der Waals surface area contributed by atoms with Crippen molar-refractivity contribution in [1.29, 1.82) is 0 Å². The van der Waals surface area contributed by atoms with Crippen LogP contribution in [0.15, 0.2) is 24.3 Å². The van der Waals surface area contributed by atoms with Crippen molar-refractivity contribution in [3.63, 3.8) is 0 Å². The number of likely N-dealkylation sites (tertiary alicyclic amines) is 1. The van der Waals surface area contributed by atoms with Crippen LogP contribution in [-0.4, -0.2) is 52.6 Å². The number of carbonyl (C=O) groups excluding carboxylic acids is 2. The molecule has 1 aromatic rings. The van der Waals surface area contributed by atoms with Gasteiger partial charge in [0.25, 0.3) is 0 Å². The topological polar surface area (TPSA) is 49.9 Å². The van der Waals surface area contributed by atoms with Crippen LogP contribution >= 0.6 is 0 Å². The van der Waals surface area contributed by atoms with Crippen LogP contribution < -0.4 is 0 Å². The van der Waals surface area contributed by atoms with Crippen molar-refractivity contribution in [2.24, 2.45) is 5.92 Å². The van der Waals surface area contributed by atoms with Gasteiger partial charge in [-0.1, -0.05) is 24.3 Å². The number of nitrogens with zero attached hydrogens (tertiary/aromatic N) is 2. The molecule has 2 aliphatic rings. The number of hydrogen-bond donors (Lipinski definition) is 0. The molecule has 0 radical (unpaired) electrons. The van der Waals surface area contributed by atoms with Crippen LogP contribution in [-0.2, 0) is 22.4 Å². The van der Waals surface area contributed by atoms with E-state index in [-0.39, 0.29) is 23.1 Å². The Kier molecular flexibility index (Phi) is 5.24. The van der Waals surface area contributed by atoms with E-state index in [4.69, 9.17) is 4.74 Å². The van der Waals surface area contributed by atoms with E-state index < -0.39 is 0 Å². The maximum Gasteiger partial charge on any atom is 0.410 e. The molecule has 2 fully saturated rings. The SMILES string of the molecule is CC(C)(C)N1CC(Cc2ccc(CC(C)(C)N3CCOC3=O)cc2)CC1=O. The van der Waals surface area contributed by atoms with E-state index in [0.717, 1.165) is 19.4 Å². The molecule has 1 unspecified atom stereocenters. The lowest BCUT2D eigenvalue weighted by molar-refractivity contribution is -0.131. The lowest BCUT2D eigenvalue weighted by Crippen LogP contribution is -2.46. The summed E-state index contributed by atoms with van der Waals surface area (Å²) in [7, 11) is 0. The standard InChI is InChI=1S/C22H32N2O3/c1-21(2,3)24-15-18(13-19(24)25)12-16-6-8-17(9-7-16)14-22(4,5)23-10-11-27-20(23)26/h6-9,18H,10-15H2,1-5H3. The van der Waals surface area contributed by atoms with E-state index in [9.17, 15) is 9.59 Å². The molecular weight excluding hydrogens is 340 g/mol. The van der Waals surface area contributed by atoms with Crippen molar-refractivity contribution in [1.82, 2.24) is 9.80 Å². The second-order valence-corrected chi connectivity index (χ2v) is 9.52. The van der Waals surface area contributed by atoms with Gasteiger partial charge in [0.15, 0.2) is 0 Å². The predicted molar refractivity (Wildman–Crippen MR) is 106 cm³/mol. The monoisotopic (exact) mass is 372 g/mol. The molecule has 0 aromatic heterocycles. The van der Waals surface area contributed by atoms with Crippen LogP contribution in [0.4, 0.5) is 4.79 Å². The zero-order valence-electron chi connectivity index (χ0n) is 17.2. The Bertz CT molecular complexity index is 703. The van der Waals surface area contributed by atoms with Gasteiger partial charge < -0.3 is 9.64 Å². The highest BCUT2D eigenvalue weighted by Crippen LogP contribution is 2.29. The molecule has 2 aliphatic heterocycles. The van der Waals surface area contributed by atoms with E-state index >= 15 is 0 Å². The van der Waals surface area contributed by atoms with Crippen LogP contribution in [0, 0.1) is 5.92 Å². The van der Waals surface area contributed by atoms with Crippen molar-refractivity contribution < 1.29 is 14.3 Å². The molecule has 148 valence electrons. The third kappa shape index (κ3) is 4.45. The third-order valence-corrected chi connectivity index (χ3v) is 5.69. The van der Waals surface area contributed by atoms with Gasteiger partial charge in [-0.15, -0.1) is 0 Å². The highest BCUT2D eigenvalue weighted by Gasteiger charge is 2.37. The van der Waals surface area contributed by atoms with Crippen molar-refractivity contribution >= 4 is 12.0 Å². The average Bonchev–Trinajstić information content (AvgIpc) is 3.15. The number of rotatable bonds is 5. The minimum atomic E-state index is -0.264. The number of cyclic esters (lactones) is 1.